The maximum absolute atomic E-state index is 12.1. The van der Waals surface area contributed by atoms with Crippen molar-refractivity contribution in [1.82, 2.24) is 14.9 Å². The first-order valence-electron chi connectivity index (χ1n) is 7.06. The van der Waals surface area contributed by atoms with Crippen LogP contribution in [0.3, 0.4) is 0 Å². The molecule has 1 fully saturated rings. The Kier molecular flexibility index (Phi) is 4.20. The molecule has 1 aliphatic rings. The Labute approximate surface area is 122 Å². The van der Waals surface area contributed by atoms with E-state index in [1.54, 1.807) is 4.90 Å². The Morgan fingerprint density at radius 2 is 2.05 bits per heavy atom. The van der Waals surface area contributed by atoms with Crippen molar-refractivity contribution < 1.29 is 9.53 Å². The van der Waals surface area contributed by atoms with Gasteiger partial charge in [0.05, 0.1) is 0 Å². The van der Waals surface area contributed by atoms with Crippen LogP contribution in [0.15, 0.2) is 15.7 Å². The zero-order valence-corrected chi connectivity index (χ0v) is 12.6. The lowest BCUT2D eigenvalue weighted by Crippen LogP contribution is -2.42. The third-order valence-electron chi connectivity index (χ3n) is 3.29. The van der Waals surface area contributed by atoms with Gasteiger partial charge >= 0.3 is 11.8 Å². The Morgan fingerprint density at radius 3 is 2.67 bits per heavy atom. The maximum atomic E-state index is 12.1. The normalized spacial score (nSPS) is 19.4. The van der Waals surface area contributed by atoms with E-state index in [-0.39, 0.29) is 12.0 Å². The van der Waals surface area contributed by atoms with Crippen LogP contribution >= 0.6 is 0 Å². The molecule has 21 heavy (non-hydrogen) atoms. The minimum atomic E-state index is -0.539. The van der Waals surface area contributed by atoms with Crippen molar-refractivity contribution in [3.8, 4) is 0 Å². The van der Waals surface area contributed by atoms with Crippen molar-refractivity contribution in [3.05, 3.63) is 32.6 Å². The topological polar surface area (TPSA) is 95.3 Å². The first kappa shape index (κ1) is 15.3. The van der Waals surface area contributed by atoms with Gasteiger partial charge in [-0.2, -0.15) is 0 Å². The number of nitrogens with zero attached hydrogens (tertiary/aromatic N) is 1. The van der Waals surface area contributed by atoms with E-state index in [0.717, 1.165) is 12.8 Å². The van der Waals surface area contributed by atoms with Crippen molar-refractivity contribution in [2.24, 2.45) is 0 Å². The summed E-state index contributed by atoms with van der Waals surface area (Å²) >= 11 is 0. The van der Waals surface area contributed by atoms with Gasteiger partial charge in [-0.15, -0.1) is 0 Å². The number of carbonyl (C=O) groups is 1. The molecule has 0 aromatic carbocycles. The summed E-state index contributed by atoms with van der Waals surface area (Å²) in [6, 6.07) is 1.38. The third kappa shape index (κ3) is 4.21. The van der Waals surface area contributed by atoms with Gasteiger partial charge in [0.1, 0.15) is 5.60 Å². The van der Waals surface area contributed by atoms with Gasteiger partial charge in [0.2, 0.25) is 0 Å². The fourth-order valence-corrected chi connectivity index (χ4v) is 2.43. The van der Waals surface area contributed by atoms with Crippen LogP contribution in [0, 0.1) is 0 Å². The molecule has 2 rings (SSSR count). The minimum Gasteiger partial charge on any atom is -0.444 e. The molecule has 1 atom stereocenters. The number of H-pyrrole nitrogens is 2. The van der Waals surface area contributed by atoms with E-state index in [4.69, 9.17) is 4.74 Å². The number of nitrogens with one attached hydrogen (secondary N) is 2. The molecule has 1 aromatic heterocycles. The van der Waals surface area contributed by atoms with Crippen LogP contribution in [-0.2, 0) is 4.74 Å². The van der Waals surface area contributed by atoms with E-state index in [2.05, 4.69) is 9.97 Å². The fraction of sp³-hybridized carbons (Fsp3) is 0.643. The first-order chi connectivity index (χ1) is 9.74. The summed E-state index contributed by atoms with van der Waals surface area (Å²) in [5, 5.41) is 0. The molecule has 0 radical (unpaired) electrons. The highest BCUT2D eigenvalue weighted by atomic mass is 16.6. The molecule has 1 aromatic rings. The van der Waals surface area contributed by atoms with Crippen molar-refractivity contribution in [3.63, 3.8) is 0 Å². The van der Waals surface area contributed by atoms with Crippen LogP contribution in [0.25, 0.3) is 0 Å². The van der Waals surface area contributed by atoms with Crippen LogP contribution in [-0.4, -0.2) is 39.7 Å². The number of piperidine rings is 1. The quantitative estimate of drug-likeness (QED) is 0.813. The van der Waals surface area contributed by atoms with E-state index in [0.29, 0.717) is 18.8 Å². The van der Waals surface area contributed by atoms with Crippen LogP contribution in [0.4, 0.5) is 4.79 Å². The molecular formula is C14H21N3O4. The molecule has 2 heterocycles. The maximum Gasteiger partial charge on any atom is 0.410 e. The Bertz CT molecular complexity index is 598. The lowest BCUT2D eigenvalue weighted by Gasteiger charge is -2.34. The van der Waals surface area contributed by atoms with Gasteiger partial charge in [0.25, 0.3) is 5.56 Å². The highest BCUT2D eigenvalue weighted by molar-refractivity contribution is 5.68. The van der Waals surface area contributed by atoms with Gasteiger partial charge in [0.15, 0.2) is 0 Å². The van der Waals surface area contributed by atoms with E-state index < -0.39 is 16.9 Å². The monoisotopic (exact) mass is 295 g/mol. The smallest absolute Gasteiger partial charge is 0.410 e. The molecule has 0 unspecified atom stereocenters. The van der Waals surface area contributed by atoms with Crippen molar-refractivity contribution in [2.45, 2.75) is 45.1 Å². The van der Waals surface area contributed by atoms with Gasteiger partial charge in [-0.1, -0.05) is 0 Å². The average Bonchev–Trinajstić information content (AvgIpc) is 2.36. The second-order valence-electron chi connectivity index (χ2n) is 6.31. The lowest BCUT2D eigenvalue weighted by atomic mass is 9.95. The van der Waals surface area contributed by atoms with E-state index >= 15 is 0 Å². The van der Waals surface area contributed by atoms with E-state index in [1.807, 2.05) is 20.8 Å². The number of aromatic amines is 2. The van der Waals surface area contributed by atoms with Gasteiger partial charge in [-0.3, -0.25) is 9.78 Å². The van der Waals surface area contributed by atoms with Crippen LogP contribution in [0.5, 0.6) is 0 Å². The van der Waals surface area contributed by atoms with Gasteiger partial charge < -0.3 is 14.6 Å². The number of carbonyl (C=O) groups excluding carboxylic acids is 1. The number of rotatable bonds is 1. The molecule has 7 heteroatoms. The molecule has 0 aliphatic carbocycles. The number of amides is 1. The number of ether oxygens (including phenoxy) is 1. The number of hydrogen-bond donors (Lipinski definition) is 2. The van der Waals surface area contributed by atoms with Crippen molar-refractivity contribution in [1.29, 1.82) is 0 Å². The van der Waals surface area contributed by atoms with Gasteiger partial charge in [-0.25, -0.2) is 9.59 Å². The largest absolute Gasteiger partial charge is 0.444 e. The molecule has 116 valence electrons. The Morgan fingerprint density at radius 1 is 1.33 bits per heavy atom. The molecule has 0 saturated carbocycles. The molecule has 1 amide bonds. The second-order valence-corrected chi connectivity index (χ2v) is 6.31. The molecule has 1 aliphatic heterocycles. The van der Waals surface area contributed by atoms with Gasteiger partial charge in [0, 0.05) is 30.8 Å². The lowest BCUT2D eigenvalue weighted by molar-refractivity contribution is 0.0197. The number of hydrogen-bond acceptors (Lipinski definition) is 4. The zero-order valence-electron chi connectivity index (χ0n) is 12.6. The highest BCUT2D eigenvalue weighted by Crippen LogP contribution is 2.25. The highest BCUT2D eigenvalue weighted by Gasteiger charge is 2.28. The predicted octanol–water partition coefficient (Wildman–Crippen LogP) is 1.18. The summed E-state index contributed by atoms with van der Waals surface area (Å²) in [7, 11) is 0. The molecular weight excluding hydrogens is 274 g/mol. The molecule has 0 bridgehead atoms. The standard InChI is InChI=1S/C14H21N3O4/c1-14(2,3)21-13(20)17-6-4-5-9(8-17)10-7-11(18)16-12(19)15-10/h7,9H,4-6,8H2,1-3H3,(H2,15,16,18,19)/t9-/m1/s1. The predicted molar refractivity (Wildman–Crippen MR) is 77.5 cm³/mol. The van der Waals surface area contributed by atoms with Crippen LogP contribution in [0.2, 0.25) is 0 Å². The van der Waals surface area contributed by atoms with E-state index in [9.17, 15) is 14.4 Å². The summed E-state index contributed by atoms with van der Waals surface area (Å²) < 4.78 is 5.36. The SMILES string of the molecule is CC(C)(C)OC(=O)N1CCC[C@@H](c2cc(=O)[nH]c(=O)[nH]2)C1. The molecule has 7 nitrogen and oxygen atoms in total. The van der Waals surface area contributed by atoms with Crippen molar-refractivity contribution >= 4 is 6.09 Å². The summed E-state index contributed by atoms with van der Waals surface area (Å²) in [4.78, 5) is 41.2. The summed E-state index contributed by atoms with van der Waals surface area (Å²) in [6.07, 6.45) is 1.26. The number of aromatic nitrogens is 2. The molecule has 1 saturated heterocycles. The Balaban J connectivity index is 2.12. The van der Waals surface area contributed by atoms with Crippen LogP contribution in [0.1, 0.15) is 45.2 Å². The fourth-order valence-electron chi connectivity index (χ4n) is 2.43. The van der Waals surface area contributed by atoms with Gasteiger partial charge in [-0.05, 0) is 33.6 Å². The molecule has 0 spiro atoms. The summed E-state index contributed by atoms with van der Waals surface area (Å²) in [6.45, 7) is 6.52. The Hall–Kier alpha value is -2.05. The minimum absolute atomic E-state index is 0.0544. The van der Waals surface area contributed by atoms with E-state index in [1.165, 1.54) is 6.07 Å². The second kappa shape index (κ2) is 5.75. The van der Waals surface area contributed by atoms with Crippen LogP contribution < -0.4 is 11.2 Å². The third-order valence-corrected chi connectivity index (χ3v) is 3.29. The van der Waals surface area contributed by atoms with Crippen molar-refractivity contribution in [2.75, 3.05) is 13.1 Å². The first-order valence-corrected chi connectivity index (χ1v) is 7.06. The summed E-state index contributed by atoms with van der Waals surface area (Å²) in [5.74, 6) is -0.0544. The molecule has 2 N–H and O–H groups in total. The summed E-state index contributed by atoms with van der Waals surface area (Å²) in [5.41, 5.74) is -0.922. The average molecular weight is 295 g/mol. The number of likely N-dealkylation sites (tertiary alicyclic amines) is 1. The zero-order chi connectivity index (χ0) is 15.6.